The average Bonchev–Trinajstić information content (AvgIpc) is 4.26. The van der Waals surface area contributed by atoms with Crippen molar-refractivity contribution in [2.24, 2.45) is 0 Å². The smallest absolute Gasteiger partial charge is 0.0754 e. The quantitative estimate of drug-likeness (QED) is 0.167. The van der Waals surface area contributed by atoms with E-state index in [4.69, 9.17) is 0 Å². The van der Waals surface area contributed by atoms with Gasteiger partial charge in [0.25, 0.3) is 0 Å². The molecule has 0 unspecified atom stereocenters. The van der Waals surface area contributed by atoms with E-state index in [1.54, 1.807) is 0 Å². The van der Waals surface area contributed by atoms with Crippen molar-refractivity contribution in [2.45, 2.75) is 10.8 Å². The van der Waals surface area contributed by atoms with E-state index < -0.39 is 10.8 Å². The molecular formula is C74H46N2. The Morgan fingerprint density at radius 2 is 0.697 bits per heavy atom. The first kappa shape index (κ1) is 41.7. The molecule has 0 fully saturated rings. The normalized spacial score (nSPS) is 14.0. The summed E-state index contributed by atoms with van der Waals surface area (Å²) in [4.78, 5) is 2.55. The molecule has 0 saturated carbocycles. The summed E-state index contributed by atoms with van der Waals surface area (Å²) in [6.45, 7) is 0. The van der Waals surface area contributed by atoms with Crippen molar-refractivity contribution in [3.05, 3.63) is 324 Å². The van der Waals surface area contributed by atoms with E-state index >= 15 is 0 Å². The summed E-state index contributed by atoms with van der Waals surface area (Å²) in [5.74, 6) is 0. The third-order valence-electron chi connectivity index (χ3n) is 17.6. The van der Waals surface area contributed by atoms with Crippen LogP contribution in [0.2, 0.25) is 0 Å². The van der Waals surface area contributed by atoms with E-state index in [0.29, 0.717) is 0 Å². The van der Waals surface area contributed by atoms with Crippen LogP contribution in [-0.2, 0) is 10.8 Å². The highest BCUT2D eigenvalue weighted by molar-refractivity contribution is 6.13. The predicted octanol–water partition coefficient (Wildman–Crippen LogP) is 18.6. The molecule has 2 heteroatoms. The SMILES string of the molecule is c1ccc(-c2ccc(-c3ccccc3N(c3ccc4c(c3)-n3c5ccccc5c5cccc(c53)C43c4ccccc4-c4ccccc43)c3ccc4c(c3)C3(c5ccccc5-c5ccccc53)c3ccccc3-4)cc2)cc1. The van der Waals surface area contributed by atoms with Crippen LogP contribution in [0.4, 0.5) is 17.1 Å². The third kappa shape index (κ3) is 5.25. The second-order valence-corrected chi connectivity index (χ2v) is 21.0. The van der Waals surface area contributed by atoms with E-state index in [1.165, 1.54) is 117 Å². The standard InChI is InChI=1S/C74H46N2/c1-2-19-47(20-3-1)48-37-39-49(40-38-48)52-21-9-16-35-69(52)75(50-41-43-58-57-26-8-13-31-63(57)73(68(58)45-50)61-29-11-4-22-53(61)54-23-5-12-30-62(54)73)51-42-44-66-71(46-51)76-70-36-17-10-27-59(70)60-28-18-34-67(72(60)76)74(66)64-32-14-6-24-55(64)56-25-7-15-33-65(56)74/h1-46H. The van der Waals surface area contributed by atoms with Crippen LogP contribution in [0, 0.1) is 0 Å². The molecule has 1 aromatic heterocycles. The first-order valence-corrected chi connectivity index (χ1v) is 26.6. The summed E-state index contributed by atoms with van der Waals surface area (Å²) in [7, 11) is 0. The third-order valence-corrected chi connectivity index (χ3v) is 17.6. The molecule has 12 aromatic carbocycles. The van der Waals surface area contributed by atoms with E-state index in [9.17, 15) is 0 Å². The summed E-state index contributed by atoms with van der Waals surface area (Å²) < 4.78 is 2.58. The lowest BCUT2D eigenvalue weighted by atomic mass is 9.65. The molecule has 0 atom stereocenters. The zero-order valence-corrected chi connectivity index (χ0v) is 41.5. The molecule has 352 valence electrons. The second kappa shape index (κ2) is 15.4. The Balaban J connectivity index is 0.963. The van der Waals surface area contributed by atoms with Crippen molar-refractivity contribution in [3.8, 4) is 61.3 Å². The fourth-order valence-electron chi connectivity index (χ4n) is 14.7. The largest absolute Gasteiger partial charge is 0.310 e. The Bertz CT molecular complexity index is 4480. The maximum atomic E-state index is 2.58. The van der Waals surface area contributed by atoms with Gasteiger partial charge in [-0.2, -0.15) is 0 Å². The number of aromatic nitrogens is 1. The molecule has 0 amide bonds. The summed E-state index contributed by atoms with van der Waals surface area (Å²) >= 11 is 0. The minimum atomic E-state index is -0.552. The highest BCUT2D eigenvalue weighted by atomic mass is 15.1. The topological polar surface area (TPSA) is 8.17 Å². The van der Waals surface area contributed by atoms with Gasteiger partial charge >= 0.3 is 0 Å². The molecule has 0 N–H and O–H groups in total. The highest BCUT2D eigenvalue weighted by Gasteiger charge is 2.53. The Morgan fingerprint density at radius 3 is 1.32 bits per heavy atom. The van der Waals surface area contributed by atoms with Gasteiger partial charge in [-0.3, -0.25) is 0 Å². The maximum absolute atomic E-state index is 2.58. The summed E-state index contributed by atoms with van der Waals surface area (Å²) in [5.41, 5.74) is 29.0. The lowest BCUT2D eigenvalue weighted by Gasteiger charge is -2.40. The van der Waals surface area contributed by atoms with Crippen LogP contribution in [-0.4, -0.2) is 4.57 Å². The zero-order valence-electron chi connectivity index (χ0n) is 41.5. The number of benzene rings is 12. The molecule has 3 aliphatic carbocycles. The van der Waals surface area contributed by atoms with Crippen molar-refractivity contribution in [1.82, 2.24) is 4.57 Å². The van der Waals surface area contributed by atoms with Gasteiger partial charge in [0.2, 0.25) is 0 Å². The molecule has 4 aliphatic rings. The first-order chi connectivity index (χ1) is 37.7. The number of anilines is 3. The highest BCUT2D eigenvalue weighted by Crippen LogP contribution is 2.65. The van der Waals surface area contributed by atoms with Crippen LogP contribution >= 0.6 is 0 Å². The van der Waals surface area contributed by atoms with E-state index in [0.717, 1.165) is 28.2 Å². The summed E-state index contributed by atoms with van der Waals surface area (Å²) in [5, 5.41) is 2.53. The number of rotatable bonds is 5. The zero-order chi connectivity index (χ0) is 49.7. The van der Waals surface area contributed by atoms with Gasteiger partial charge in [-0.05, 0) is 131 Å². The lowest BCUT2D eigenvalue weighted by Crippen LogP contribution is -2.33. The maximum Gasteiger partial charge on any atom is 0.0754 e. The van der Waals surface area contributed by atoms with Crippen molar-refractivity contribution in [1.29, 1.82) is 0 Å². The van der Waals surface area contributed by atoms with Crippen LogP contribution < -0.4 is 4.90 Å². The number of hydrogen-bond donors (Lipinski definition) is 0. The molecular weight excluding hydrogens is 917 g/mol. The molecule has 0 bridgehead atoms. The van der Waals surface area contributed by atoms with Gasteiger partial charge in [-0.15, -0.1) is 0 Å². The van der Waals surface area contributed by atoms with Crippen molar-refractivity contribution in [3.63, 3.8) is 0 Å². The summed E-state index contributed by atoms with van der Waals surface area (Å²) in [6.07, 6.45) is 0. The second-order valence-electron chi connectivity index (χ2n) is 21.0. The number of para-hydroxylation sites is 3. The number of fused-ring (bicyclic) bond motifs is 22. The molecule has 1 aliphatic heterocycles. The van der Waals surface area contributed by atoms with Crippen LogP contribution in [0.15, 0.2) is 279 Å². The molecule has 17 rings (SSSR count). The van der Waals surface area contributed by atoms with Crippen LogP contribution in [0.5, 0.6) is 0 Å². The van der Waals surface area contributed by atoms with E-state index in [-0.39, 0.29) is 0 Å². The van der Waals surface area contributed by atoms with E-state index in [1.807, 2.05) is 0 Å². The van der Waals surface area contributed by atoms with Gasteiger partial charge < -0.3 is 9.47 Å². The van der Waals surface area contributed by atoms with Gasteiger partial charge in [0.05, 0.1) is 33.2 Å². The molecule has 2 nitrogen and oxygen atoms in total. The van der Waals surface area contributed by atoms with Gasteiger partial charge in [-0.25, -0.2) is 0 Å². The monoisotopic (exact) mass is 962 g/mol. The summed E-state index contributed by atoms with van der Waals surface area (Å²) in [6, 6.07) is 105. The Hall–Kier alpha value is -9.76. The minimum absolute atomic E-state index is 0.502. The average molecular weight is 963 g/mol. The Labute approximate surface area is 441 Å². The van der Waals surface area contributed by atoms with Gasteiger partial charge in [0.1, 0.15) is 0 Å². The number of nitrogens with zero attached hydrogens (tertiary/aromatic N) is 2. The van der Waals surface area contributed by atoms with Crippen molar-refractivity contribution >= 4 is 38.9 Å². The fraction of sp³-hybridized carbons (Fsp3) is 0.0270. The molecule has 0 saturated heterocycles. The molecule has 2 spiro atoms. The van der Waals surface area contributed by atoms with Crippen molar-refractivity contribution in [2.75, 3.05) is 4.90 Å². The molecule has 76 heavy (non-hydrogen) atoms. The van der Waals surface area contributed by atoms with Gasteiger partial charge in [0.15, 0.2) is 0 Å². The Kier molecular flexibility index (Phi) is 8.44. The molecule has 13 aromatic rings. The fourth-order valence-corrected chi connectivity index (χ4v) is 14.7. The first-order valence-electron chi connectivity index (χ1n) is 26.6. The van der Waals surface area contributed by atoms with Gasteiger partial charge in [-0.1, -0.05) is 243 Å². The van der Waals surface area contributed by atoms with Crippen molar-refractivity contribution < 1.29 is 0 Å². The predicted molar refractivity (Wildman–Crippen MR) is 313 cm³/mol. The molecule has 2 heterocycles. The number of hydrogen-bond acceptors (Lipinski definition) is 1. The van der Waals surface area contributed by atoms with Crippen LogP contribution in [0.3, 0.4) is 0 Å². The van der Waals surface area contributed by atoms with Crippen LogP contribution in [0.1, 0.15) is 44.5 Å². The van der Waals surface area contributed by atoms with E-state index in [2.05, 4.69) is 289 Å². The molecule has 0 radical (unpaired) electrons. The minimum Gasteiger partial charge on any atom is -0.310 e. The lowest BCUT2D eigenvalue weighted by molar-refractivity contribution is 0.748. The Morgan fingerprint density at radius 1 is 0.263 bits per heavy atom. The van der Waals surface area contributed by atoms with Crippen LogP contribution in [0.25, 0.3) is 83.1 Å². The van der Waals surface area contributed by atoms with Gasteiger partial charge in [0, 0.05) is 27.7 Å².